The van der Waals surface area contributed by atoms with Crippen molar-refractivity contribution in [3.05, 3.63) is 58.0 Å². The lowest BCUT2D eigenvalue weighted by Crippen LogP contribution is -2.23. The number of aryl methyl sites for hydroxylation is 2. The van der Waals surface area contributed by atoms with E-state index in [1.54, 1.807) is 0 Å². The summed E-state index contributed by atoms with van der Waals surface area (Å²) in [4.78, 5) is 28.0. The van der Waals surface area contributed by atoms with Crippen LogP contribution in [0.5, 0.6) is 0 Å². The number of fused-ring (bicyclic) bond motifs is 1. The van der Waals surface area contributed by atoms with Crippen molar-refractivity contribution in [1.82, 2.24) is 9.55 Å². The van der Waals surface area contributed by atoms with E-state index in [9.17, 15) is 9.59 Å². The van der Waals surface area contributed by atoms with Gasteiger partial charge in [-0.25, -0.2) is 4.98 Å². The Bertz CT molecular complexity index is 852. The number of carbonyl (C=O) groups excluding carboxylic acids is 1. The standard InChI is InChI=1S/C16H15N3O2S/c1-10-7-12(20)8-11(2)19(10)9-15(21)18-16-17-13-5-3-4-6-14(13)22-16/h3-8H,9H2,1-2H3,(H,17,18,21). The van der Waals surface area contributed by atoms with Gasteiger partial charge in [0.1, 0.15) is 6.54 Å². The van der Waals surface area contributed by atoms with Crippen LogP contribution in [0.2, 0.25) is 0 Å². The van der Waals surface area contributed by atoms with E-state index in [4.69, 9.17) is 0 Å². The molecule has 22 heavy (non-hydrogen) atoms. The zero-order chi connectivity index (χ0) is 15.7. The molecule has 0 aliphatic rings. The Morgan fingerprint density at radius 2 is 1.91 bits per heavy atom. The van der Waals surface area contributed by atoms with Crippen LogP contribution in [0.4, 0.5) is 5.13 Å². The molecule has 0 fully saturated rings. The summed E-state index contributed by atoms with van der Waals surface area (Å²) in [6, 6.07) is 10.8. The van der Waals surface area contributed by atoms with Crippen molar-refractivity contribution in [3.63, 3.8) is 0 Å². The highest BCUT2D eigenvalue weighted by atomic mass is 32.1. The Kier molecular flexibility index (Phi) is 3.77. The lowest BCUT2D eigenvalue weighted by molar-refractivity contribution is -0.116. The van der Waals surface area contributed by atoms with Crippen LogP contribution in [0.15, 0.2) is 41.2 Å². The summed E-state index contributed by atoms with van der Waals surface area (Å²) in [7, 11) is 0. The molecule has 0 unspecified atom stereocenters. The van der Waals surface area contributed by atoms with Gasteiger partial charge in [0, 0.05) is 23.5 Å². The Labute approximate surface area is 131 Å². The molecule has 0 bridgehead atoms. The Morgan fingerprint density at radius 1 is 1.23 bits per heavy atom. The topological polar surface area (TPSA) is 64.0 Å². The van der Waals surface area contributed by atoms with E-state index in [1.165, 1.54) is 23.5 Å². The van der Waals surface area contributed by atoms with Gasteiger partial charge < -0.3 is 9.88 Å². The number of hydrogen-bond acceptors (Lipinski definition) is 4. The number of aromatic nitrogens is 2. The molecule has 1 amide bonds. The van der Waals surface area contributed by atoms with Gasteiger partial charge in [0.05, 0.1) is 10.2 Å². The van der Waals surface area contributed by atoms with Crippen molar-refractivity contribution in [1.29, 1.82) is 0 Å². The molecule has 3 rings (SSSR count). The van der Waals surface area contributed by atoms with Gasteiger partial charge >= 0.3 is 0 Å². The molecule has 0 saturated carbocycles. The smallest absolute Gasteiger partial charge is 0.246 e. The van der Waals surface area contributed by atoms with E-state index >= 15 is 0 Å². The molecule has 0 saturated heterocycles. The van der Waals surface area contributed by atoms with Crippen LogP contribution >= 0.6 is 11.3 Å². The maximum absolute atomic E-state index is 12.2. The van der Waals surface area contributed by atoms with Crippen molar-refractivity contribution in [2.75, 3.05) is 5.32 Å². The van der Waals surface area contributed by atoms with E-state index < -0.39 is 0 Å². The fourth-order valence-corrected chi connectivity index (χ4v) is 3.25. The molecular weight excluding hydrogens is 298 g/mol. The Morgan fingerprint density at radius 3 is 2.59 bits per heavy atom. The highest BCUT2D eigenvalue weighted by Crippen LogP contribution is 2.25. The number of para-hydroxylation sites is 1. The number of hydrogen-bond donors (Lipinski definition) is 1. The van der Waals surface area contributed by atoms with Crippen molar-refractivity contribution >= 4 is 32.6 Å². The van der Waals surface area contributed by atoms with E-state index in [-0.39, 0.29) is 17.9 Å². The molecule has 5 nitrogen and oxygen atoms in total. The minimum atomic E-state index is -0.158. The molecule has 0 aliphatic carbocycles. The van der Waals surface area contributed by atoms with E-state index in [2.05, 4.69) is 10.3 Å². The van der Waals surface area contributed by atoms with Crippen LogP contribution in [-0.4, -0.2) is 15.5 Å². The number of amides is 1. The van der Waals surface area contributed by atoms with Crippen molar-refractivity contribution in [2.45, 2.75) is 20.4 Å². The maximum atomic E-state index is 12.2. The number of pyridine rings is 1. The zero-order valence-electron chi connectivity index (χ0n) is 12.3. The van der Waals surface area contributed by atoms with Gasteiger partial charge in [0.25, 0.3) is 0 Å². The fourth-order valence-electron chi connectivity index (χ4n) is 2.36. The first-order valence-electron chi connectivity index (χ1n) is 6.86. The third kappa shape index (κ3) is 2.92. The van der Waals surface area contributed by atoms with Crippen LogP contribution in [0.25, 0.3) is 10.2 Å². The van der Waals surface area contributed by atoms with Crippen LogP contribution in [-0.2, 0) is 11.3 Å². The van der Waals surface area contributed by atoms with E-state index in [0.717, 1.165) is 21.6 Å². The van der Waals surface area contributed by atoms with Crippen LogP contribution < -0.4 is 10.7 Å². The van der Waals surface area contributed by atoms with E-state index in [1.807, 2.05) is 42.7 Å². The van der Waals surface area contributed by atoms with Gasteiger partial charge in [-0.2, -0.15) is 0 Å². The zero-order valence-corrected chi connectivity index (χ0v) is 13.1. The molecule has 0 atom stereocenters. The summed E-state index contributed by atoms with van der Waals surface area (Å²) in [6.07, 6.45) is 0. The number of rotatable bonds is 3. The summed E-state index contributed by atoms with van der Waals surface area (Å²) in [5.74, 6) is -0.158. The molecule has 6 heteroatoms. The second-order valence-corrected chi connectivity index (χ2v) is 6.13. The van der Waals surface area contributed by atoms with Crippen molar-refractivity contribution in [2.24, 2.45) is 0 Å². The van der Waals surface area contributed by atoms with Gasteiger partial charge in [-0.15, -0.1) is 0 Å². The third-order valence-corrected chi connectivity index (χ3v) is 4.35. The normalized spacial score (nSPS) is 10.8. The summed E-state index contributed by atoms with van der Waals surface area (Å²) in [5, 5.41) is 3.40. The van der Waals surface area contributed by atoms with Gasteiger partial charge in [0.2, 0.25) is 5.91 Å². The molecule has 1 N–H and O–H groups in total. The predicted molar refractivity (Wildman–Crippen MR) is 88.4 cm³/mol. The van der Waals surface area contributed by atoms with Crippen LogP contribution in [0, 0.1) is 13.8 Å². The lowest BCUT2D eigenvalue weighted by Gasteiger charge is -2.13. The Balaban J connectivity index is 1.79. The number of benzene rings is 1. The van der Waals surface area contributed by atoms with E-state index in [0.29, 0.717) is 5.13 Å². The van der Waals surface area contributed by atoms with Crippen LogP contribution in [0.3, 0.4) is 0 Å². The first-order valence-corrected chi connectivity index (χ1v) is 7.68. The SMILES string of the molecule is Cc1cc(=O)cc(C)n1CC(=O)Nc1nc2ccccc2s1. The molecule has 0 spiro atoms. The van der Waals surface area contributed by atoms with Crippen molar-refractivity contribution in [3.8, 4) is 0 Å². The van der Waals surface area contributed by atoms with Gasteiger partial charge in [-0.05, 0) is 26.0 Å². The number of carbonyl (C=O) groups is 1. The highest BCUT2D eigenvalue weighted by Gasteiger charge is 2.10. The predicted octanol–water partition coefficient (Wildman–Crippen LogP) is 2.71. The minimum absolute atomic E-state index is 0.0437. The molecule has 0 radical (unpaired) electrons. The molecule has 2 heterocycles. The van der Waals surface area contributed by atoms with Gasteiger partial charge in [-0.1, -0.05) is 23.5 Å². The number of nitrogens with one attached hydrogen (secondary N) is 1. The largest absolute Gasteiger partial charge is 0.340 e. The molecule has 112 valence electrons. The van der Waals surface area contributed by atoms with Gasteiger partial charge in [0.15, 0.2) is 10.6 Å². The van der Waals surface area contributed by atoms with Gasteiger partial charge in [-0.3, -0.25) is 9.59 Å². The number of anilines is 1. The quantitative estimate of drug-likeness (QED) is 0.808. The maximum Gasteiger partial charge on any atom is 0.246 e. The molecule has 1 aromatic carbocycles. The molecule has 0 aliphatic heterocycles. The second kappa shape index (κ2) is 5.73. The summed E-state index contributed by atoms with van der Waals surface area (Å²) < 4.78 is 2.85. The monoisotopic (exact) mass is 313 g/mol. The average molecular weight is 313 g/mol. The summed E-state index contributed by atoms with van der Waals surface area (Å²) in [5.41, 5.74) is 2.37. The lowest BCUT2D eigenvalue weighted by atomic mass is 10.3. The highest BCUT2D eigenvalue weighted by molar-refractivity contribution is 7.22. The fraction of sp³-hybridized carbons (Fsp3) is 0.188. The molecule has 3 aromatic rings. The third-order valence-electron chi connectivity index (χ3n) is 3.40. The van der Waals surface area contributed by atoms with Crippen molar-refractivity contribution < 1.29 is 4.79 Å². The number of thiazole rings is 1. The summed E-state index contributed by atoms with van der Waals surface area (Å²) >= 11 is 1.44. The van der Waals surface area contributed by atoms with Crippen LogP contribution in [0.1, 0.15) is 11.4 Å². The first kappa shape index (κ1) is 14.5. The molecular formula is C16H15N3O2S. The molecule has 2 aromatic heterocycles. The Hall–Kier alpha value is -2.47. The average Bonchev–Trinajstić information content (AvgIpc) is 2.84. The number of nitrogens with zero attached hydrogens (tertiary/aromatic N) is 2. The summed E-state index contributed by atoms with van der Waals surface area (Å²) in [6.45, 7) is 3.80. The minimum Gasteiger partial charge on any atom is -0.340 e. The second-order valence-electron chi connectivity index (χ2n) is 5.09. The first-order chi connectivity index (χ1) is 10.5.